The summed E-state index contributed by atoms with van der Waals surface area (Å²) in [7, 11) is 0. The smallest absolute Gasteiger partial charge is 0.305 e. The lowest BCUT2D eigenvalue weighted by atomic mass is 10.1. The van der Waals surface area contributed by atoms with Crippen LogP contribution in [-0.2, 0) is 19.1 Å². The van der Waals surface area contributed by atoms with Crippen LogP contribution < -0.4 is 0 Å². The summed E-state index contributed by atoms with van der Waals surface area (Å²) in [6, 6.07) is 0. The number of carbonyl (C=O) groups excluding carboxylic acids is 2. The molecule has 0 aromatic rings. The van der Waals surface area contributed by atoms with Gasteiger partial charge in [-0.05, 0) is 174 Å². The number of esters is 2. The Kier molecular flexibility index (Phi) is 68.6. The van der Waals surface area contributed by atoms with Gasteiger partial charge in [-0.15, -0.1) is 0 Å². The fourth-order valence-electron chi connectivity index (χ4n) is 11.9. The van der Waals surface area contributed by atoms with E-state index in [0.29, 0.717) is 26.1 Å². The average molecular weight is 1160 g/mol. The molecular weight excluding hydrogens is 1010 g/mol. The molecule has 7 nitrogen and oxygen atoms in total. The predicted octanol–water partition coefficient (Wildman–Crippen LogP) is 22.9. The Morgan fingerprint density at radius 2 is 0.476 bits per heavy atom. The number of hydrogen-bond donors (Lipinski definition) is 0. The molecule has 0 heterocycles. The lowest BCUT2D eigenvalue weighted by molar-refractivity contribution is -0.144. The van der Waals surface area contributed by atoms with Gasteiger partial charge in [0, 0.05) is 12.8 Å². The van der Waals surface area contributed by atoms with Gasteiger partial charge < -0.3 is 24.2 Å². The molecule has 0 fully saturated rings. The maximum absolute atomic E-state index is 12.3. The number of carbonyl (C=O) groups is 2. The third-order valence-electron chi connectivity index (χ3n) is 17.1. The molecular formula is C75H147N3O4. The van der Waals surface area contributed by atoms with E-state index in [1.54, 1.807) is 0 Å². The quantitative estimate of drug-likeness (QED) is 0.0342. The van der Waals surface area contributed by atoms with Crippen LogP contribution in [0.5, 0.6) is 0 Å². The highest BCUT2D eigenvalue weighted by Crippen LogP contribution is 2.17. The molecule has 0 radical (unpaired) electrons. The second-order valence-corrected chi connectivity index (χ2v) is 25.4. The van der Waals surface area contributed by atoms with Gasteiger partial charge in [0.2, 0.25) is 0 Å². The molecule has 0 saturated heterocycles. The summed E-state index contributed by atoms with van der Waals surface area (Å²) < 4.78 is 11.1. The van der Waals surface area contributed by atoms with Gasteiger partial charge in [0.15, 0.2) is 0 Å². The van der Waals surface area contributed by atoms with Crippen LogP contribution in [0, 0.1) is 0 Å². The summed E-state index contributed by atoms with van der Waals surface area (Å²) in [6.45, 7) is 24.1. The highest BCUT2D eigenvalue weighted by Gasteiger charge is 2.09. The molecule has 486 valence electrons. The van der Waals surface area contributed by atoms with Gasteiger partial charge in [0.05, 0.1) is 13.2 Å². The first-order valence-corrected chi connectivity index (χ1v) is 37.3. The molecule has 0 saturated carbocycles. The Bertz CT molecular complexity index is 1310. The van der Waals surface area contributed by atoms with Crippen LogP contribution in [0.2, 0.25) is 0 Å². The van der Waals surface area contributed by atoms with Crippen molar-refractivity contribution in [2.75, 3.05) is 72.1 Å². The molecule has 0 aliphatic carbocycles. The summed E-state index contributed by atoms with van der Waals surface area (Å²) in [5, 5.41) is 0. The molecule has 0 spiro atoms. The van der Waals surface area contributed by atoms with E-state index in [4.69, 9.17) is 9.47 Å². The normalized spacial score (nSPS) is 12.0. The average Bonchev–Trinajstić information content (AvgIpc) is 3.47. The van der Waals surface area contributed by atoms with E-state index >= 15 is 0 Å². The molecule has 0 unspecified atom stereocenters. The van der Waals surface area contributed by atoms with E-state index in [-0.39, 0.29) is 11.9 Å². The molecule has 0 bridgehead atoms. The van der Waals surface area contributed by atoms with E-state index in [2.05, 4.69) is 73.6 Å². The minimum atomic E-state index is 0.0122. The van der Waals surface area contributed by atoms with Crippen LogP contribution in [0.15, 0.2) is 24.3 Å². The van der Waals surface area contributed by atoms with Gasteiger partial charge in [0.1, 0.15) is 0 Å². The van der Waals surface area contributed by atoms with Crippen molar-refractivity contribution in [3.8, 4) is 0 Å². The van der Waals surface area contributed by atoms with E-state index in [1.165, 1.54) is 341 Å². The van der Waals surface area contributed by atoms with Crippen molar-refractivity contribution in [1.82, 2.24) is 14.7 Å². The van der Waals surface area contributed by atoms with Gasteiger partial charge in [-0.2, -0.15) is 0 Å². The summed E-state index contributed by atoms with van der Waals surface area (Å²) in [6.07, 6.45) is 76.4. The SMILES string of the molecule is CCCCC/C=C\C/C=C\CCCCCCCCN(CCC)CCCCCCCCCCOC(=O)CCCCCCCCCN(CCC)CCCCCCCCCC(=O)OCCCCCCCCCN(CCC)CCCCCCCCC. The Balaban J connectivity index is 3.59. The van der Waals surface area contributed by atoms with E-state index in [9.17, 15) is 9.59 Å². The predicted molar refractivity (Wildman–Crippen MR) is 363 cm³/mol. The van der Waals surface area contributed by atoms with Crippen LogP contribution in [0.25, 0.3) is 0 Å². The standard InChI is InChI=1S/C75H147N3O4/c1-6-11-13-15-17-18-19-20-21-22-23-24-25-34-44-54-67-77(64-9-4)68-55-45-35-26-27-39-49-59-72-81-74(79)61-51-41-31-28-36-46-56-69-78(65-10-5)70-57-47-37-29-32-42-52-62-75(80)82-73-60-50-40-30-38-48-58-71-76(63-8-3)66-53-43-33-16-14-12-7-2/h17-18,20-21H,6-16,19,22-73H2,1-5H3/b18-17-,21-20-. The maximum atomic E-state index is 12.3. The Morgan fingerprint density at radius 3 is 0.768 bits per heavy atom. The number of rotatable bonds is 70. The van der Waals surface area contributed by atoms with E-state index in [1.807, 2.05) is 0 Å². The third kappa shape index (κ3) is 64.3. The first-order chi connectivity index (χ1) is 40.5. The zero-order valence-electron chi connectivity index (χ0n) is 56.5. The van der Waals surface area contributed by atoms with Crippen molar-refractivity contribution in [2.24, 2.45) is 0 Å². The first kappa shape index (κ1) is 80.3. The number of hydrogen-bond acceptors (Lipinski definition) is 7. The minimum absolute atomic E-state index is 0.0122. The van der Waals surface area contributed by atoms with Crippen molar-refractivity contribution in [3.63, 3.8) is 0 Å². The zero-order chi connectivity index (χ0) is 59.4. The number of nitrogens with zero attached hydrogens (tertiary/aromatic N) is 3. The highest BCUT2D eigenvalue weighted by atomic mass is 16.5. The molecule has 0 atom stereocenters. The lowest BCUT2D eigenvalue weighted by Gasteiger charge is -2.21. The topological polar surface area (TPSA) is 62.3 Å². The van der Waals surface area contributed by atoms with Gasteiger partial charge in [-0.25, -0.2) is 0 Å². The van der Waals surface area contributed by atoms with Gasteiger partial charge in [-0.3, -0.25) is 9.59 Å². The van der Waals surface area contributed by atoms with Crippen molar-refractivity contribution >= 4 is 11.9 Å². The highest BCUT2D eigenvalue weighted by molar-refractivity contribution is 5.69. The van der Waals surface area contributed by atoms with E-state index < -0.39 is 0 Å². The van der Waals surface area contributed by atoms with Crippen LogP contribution >= 0.6 is 0 Å². The van der Waals surface area contributed by atoms with Crippen LogP contribution in [0.1, 0.15) is 375 Å². The molecule has 0 aromatic carbocycles. The summed E-state index contributed by atoms with van der Waals surface area (Å²) in [4.78, 5) is 32.7. The summed E-state index contributed by atoms with van der Waals surface area (Å²) in [5.41, 5.74) is 0. The van der Waals surface area contributed by atoms with E-state index in [0.717, 1.165) is 44.9 Å². The third-order valence-corrected chi connectivity index (χ3v) is 17.1. The second kappa shape index (κ2) is 70.1. The molecule has 0 aromatic heterocycles. The van der Waals surface area contributed by atoms with Gasteiger partial charge in [0.25, 0.3) is 0 Å². The summed E-state index contributed by atoms with van der Waals surface area (Å²) in [5.74, 6) is 0.0245. The van der Waals surface area contributed by atoms with Crippen molar-refractivity contribution in [1.29, 1.82) is 0 Å². The van der Waals surface area contributed by atoms with Crippen molar-refractivity contribution < 1.29 is 19.1 Å². The minimum Gasteiger partial charge on any atom is -0.466 e. The Morgan fingerprint density at radius 1 is 0.244 bits per heavy atom. The molecule has 0 aliphatic heterocycles. The second-order valence-electron chi connectivity index (χ2n) is 25.4. The van der Waals surface area contributed by atoms with Gasteiger partial charge >= 0.3 is 11.9 Å². The number of ether oxygens (including phenoxy) is 2. The number of unbranched alkanes of at least 4 members (excludes halogenated alkanes) is 40. The van der Waals surface area contributed by atoms with Crippen LogP contribution in [0.4, 0.5) is 0 Å². The molecule has 0 N–H and O–H groups in total. The van der Waals surface area contributed by atoms with Crippen LogP contribution in [0.3, 0.4) is 0 Å². The zero-order valence-corrected chi connectivity index (χ0v) is 56.5. The summed E-state index contributed by atoms with van der Waals surface area (Å²) >= 11 is 0. The molecule has 0 amide bonds. The van der Waals surface area contributed by atoms with Gasteiger partial charge in [-0.1, -0.05) is 271 Å². The largest absolute Gasteiger partial charge is 0.466 e. The molecule has 0 aliphatic rings. The fourth-order valence-corrected chi connectivity index (χ4v) is 11.9. The maximum Gasteiger partial charge on any atom is 0.305 e. The fraction of sp³-hybridized carbons (Fsp3) is 0.920. The molecule has 0 rings (SSSR count). The monoisotopic (exact) mass is 1150 g/mol. The Hall–Kier alpha value is -1.70. The molecule has 7 heteroatoms. The molecule has 82 heavy (non-hydrogen) atoms. The lowest BCUT2D eigenvalue weighted by Crippen LogP contribution is -2.27. The van der Waals surface area contributed by atoms with Crippen molar-refractivity contribution in [3.05, 3.63) is 24.3 Å². The van der Waals surface area contributed by atoms with Crippen molar-refractivity contribution in [2.45, 2.75) is 375 Å². The van der Waals surface area contributed by atoms with Crippen LogP contribution in [-0.4, -0.2) is 98.8 Å². The first-order valence-electron chi connectivity index (χ1n) is 37.3. The Labute approximate surface area is 514 Å². The number of allylic oxidation sites excluding steroid dienone is 4.